The maximum atomic E-state index is 13.6. The number of nitrogens with two attached hydrogens (primary N) is 1. The predicted octanol–water partition coefficient (Wildman–Crippen LogP) is 2.33. The van der Waals surface area contributed by atoms with Crippen LogP contribution < -0.4 is 5.73 Å². The molecule has 3 nitrogen and oxygen atoms in total. The minimum absolute atomic E-state index is 0. The SMILES string of the molecule is Br.COC(=O)[C@@H](N)CC(F)(F)Cc1ccccc1. The molecule has 1 aromatic carbocycles. The van der Waals surface area contributed by atoms with Crippen molar-refractivity contribution in [3.8, 4) is 0 Å². The average molecular weight is 324 g/mol. The Morgan fingerprint density at radius 1 is 1.39 bits per heavy atom. The molecule has 0 saturated carbocycles. The molecule has 0 bridgehead atoms. The van der Waals surface area contributed by atoms with Crippen LogP contribution in [-0.4, -0.2) is 25.0 Å². The van der Waals surface area contributed by atoms with Crippen LogP contribution in [0.5, 0.6) is 0 Å². The predicted molar refractivity (Wildman–Crippen MR) is 70.0 cm³/mol. The van der Waals surface area contributed by atoms with E-state index in [2.05, 4.69) is 4.74 Å². The molecule has 0 fully saturated rings. The number of esters is 1. The normalized spacial score (nSPS) is 12.4. The third-order valence-corrected chi connectivity index (χ3v) is 2.33. The number of benzene rings is 1. The number of hydrogen-bond acceptors (Lipinski definition) is 3. The average Bonchev–Trinajstić information content (AvgIpc) is 2.27. The summed E-state index contributed by atoms with van der Waals surface area (Å²) >= 11 is 0. The molecule has 0 spiro atoms. The van der Waals surface area contributed by atoms with Crippen molar-refractivity contribution >= 4 is 23.0 Å². The summed E-state index contributed by atoms with van der Waals surface area (Å²) in [5, 5.41) is 0. The van der Waals surface area contributed by atoms with Gasteiger partial charge in [-0.1, -0.05) is 30.3 Å². The number of methoxy groups -OCH3 is 1. The molecular weight excluding hydrogens is 308 g/mol. The van der Waals surface area contributed by atoms with E-state index >= 15 is 0 Å². The zero-order valence-electron chi connectivity index (χ0n) is 9.94. The largest absolute Gasteiger partial charge is 0.468 e. The van der Waals surface area contributed by atoms with Crippen LogP contribution in [0.25, 0.3) is 0 Å². The number of carbonyl (C=O) groups excluding carboxylic acids is 1. The first-order valence-electron chi connectivity index (χ1n) is 5.20. The highest BCUT2D eigenvalue weighted by Gasteiger charge is 2.34. The first-order chi connectivity index (χ1) is 7.94. The lowest BCUT2D eigenvalue weighted by Crippen LogP contribution is -2.38. The highest BCUT2D eigenvalue weighted by Crippen LogP contribution is 2.25. The van der Waals surface area contributed by atoms with Gasteiger partial charge in [-0.15, -0.1) is 17.0 Å². The summed E-state index contributed by atoms with van der Waals surface area (Å²) in [4.78, 5) is 11.0. The Labute approximate surface area is 115 Å². The Balaban J connectivity index is 0.00000289. The summed E-state index contributed by atoms with van der Waals surface area (Å²) in [6.07, 6.45) is -1.15. The molecule has 6 heteroatoms. The van der Waals surface area contributed by atoms with Crippen LogP contribution in [0.1, 0.15) is 12.0 Å². The standard InChI is InChI=1S/C12H15F2NO2.BrH/c1-17-11(16)10(15)8-12(13,14)7-9-5-3-2-4-6-9;/h2-6,10H,7-8,15H2,1H3;1H/t10-;/m0./s1. The number of rotatable bonds is 5. The van der Waals surface area contributed by atoms with Crippen LogP contribution in [0.3, 0.4) is 0 Å². The highest BCUT2D eigenvalue weighted by atomic mass is 79.9. The van der Waals surface area contributed by atoms with Gasteiger partial charge >= 0.3 is 5.97 Å². The minimum atomic E-state index is -3.02. The van der Waals surface area contributed by atoms with Crippen LogP contribution in [0.2, 0.25) is 0 Å². The lowest BCUT2D eigenvalue weighted by Gasteiger charge is -2.19. The second-order valence-electron chi connectivity index (χ2n) is 3.85. The van der Waals surface area contributed by atoms with Crippen molar-refractivity contribution in [2.45, 2.75) is 24.8 Å². The smallest absolute Gasteiger partial charge is 0.322 e. The van der Waals surface area contributed by atoms with Crippen molar-refractivity contribution in [1.82, 2.24) is 0 Å². The number of hydrogen-bond donors (Lipinski definition) is 1. The van der Waals surface area contributed by atoms with E-state index in [4.69, 9.17) is 5.73 Å². The fourth-order valence-electron chi connectivity index (χ4n) is 1.52. The molecule has 0 unspecified atom stereocenters. The van der Waals surface area contributed by atoms with E-state index < -0.39 is 30.8 Å². The fraction of sp³-hybridized carbons (Fsp3) is 0.417. The maximum Gasteiger partial charge on any atom is 0.322 e. The molecule has 0 saturated heterocycles. The molecular formula is C12H16BrF2NO2. The summed E-state index contributed by atoms with van der Waals surface area (Å²) in [5.41, 5.74) is 5.82. The third kappa shape index (κ3) is 5.55. The Bertz CT molecular complexity index is 374. The van der Waals surface area contributed by atoms with E-state index in [1.807, 2.05) is 0 Å². The van der Waals surface area contributed by atoms with Crippen LogP contribution in [0, 0.1) is 0 Å². The van der Waals surface area contributed by atoms with E-state index in [9.17, 15) is 13.6 Å². The summed E-state index contributed by atoms with van der Waals surface area (Å²) in [6.45, 7) is 0. The molecule has 1 rings (SSSR count). The summed E-state index contributed by atoms with van der Waals surface area (Å²) < 4.78 is 31.4. The maximum absolute atomic E-state index is 13.6. The molecule has 102 valence electrons. The van der Waals surface area contributed by atoms with Gasteiger partial charge in [-0.25, -0.2) is 8.78 Å². The van der Waals surface area contributed by atoms with Crippen LogP contribution in [-0.2, 0) is 16.0 Å². The van der Waals surface area contributed by atoms with Gasteiger partial charge in [0.15, 0.2) is 0 Å². The Morgan fingerprint density at radius 3 is 2.44 bits per heavy atom. The lowest BCUT2D eigenvalue weighted by atomic mass is 10.0. The molecule has 0 aromatic heterocycles. The second kappa shape index (κ2) is 7.43. The van der Waals surface area contributed by atoms with Crippen molar-refractivity contribution < 1.29 is 18.3 Å². The van der Waals surface area contributed by atoms with Gasteiger partial charge in [0, 0.05) is 12.8 Å². The topological polar surface area (TPSA) is 52.3 Å². The summed E-state index contributed by atoms with van der Waals surface area (Å²) in [7, 11) is 1.12. The first kappa shape index (κ1) is 17.0. The highest BCUT2D eigenvalue weighted by molar-refractivity contribution is 8.93. The zero-order chi connectivity index (χ0) is 12.9. The molecule has 0 radical (unpaired) electrons. The molecule has 2 N–H and O–H groups in total. The Hall–Kier alpha value is -1.01. The van der Waals surface area contributed by atoms with E-state index in [-0.39, 0.29) is 17.0 Å². The monoisotopic (exact) mass is 323 g/mol. The molecule has 0 aliphatic heterocycles. The minimum Gasteiger partial charge on any atom is -0.468 e. The Kier molecular flexibility index (Phi) is 7.01. The van der Waals surface area contributed by atoms with Gasteiger partial charge in [-0.05, 0) is 5.56 Å². The van der Waals surface area contributed by atoms with Gasteiger partial charge in [-0.3, -0.25) is 4.79 Å². The van der Waals surface area contributed by atoms with Crippen molar-refractivity contribution in [2.24, 2.45) is 5.73 Å². The van der Waals surface area contributed by atoms with E-state index in [1.54, 1.807) is 30.3 Å². The van der Waals surface area contributed by atoms with Gasteiger partial charge in [0.05, 0.1) is 7.11 Å². The van der Waals surface area contributed by atoms with E-state index in [1.165, 1.54) is 0 Å². The van der Waals surface area contributed by atoms with Gasteiger partial charge < -0.3 is 10.5 Å². The quantitative estimate of drug-likeness (QED) is 0.846. The molecule has 0 heterocycles. The van der Waals surface area contributed by atoms with E-state index in [0.29, 0.717) is 5.56 Å². The number of alkyl halides is 2. The lowest BCUT2D eigenvalue weighted by molar-refractivity contribution is -0.144. The third-order valence-electron chi connectivity index (χ3n) is 2.33. The van der Waals surface area contributed by atoms with Crippen LogP contribution in [0.4, 0.5) is 8.78 Å². The van der Waals surface area contributed by atoms with Gasteiger partial charge in [0.1, 0.15) is 6.04 Å². The van der Waals surface area contributed by atoms with Crippen LogP contribution in [0.15, 0.2) is 30.3 Å². The zero-order valence-corrected chi connectivity index (χ0v) is 11.6. The fourth-order valence-corrected chi connectivity index (χ4v) is 1.52. The Morgan fingerprint density at radius 2 is 1.94 bits per heavy atom. The summed E-state index contributed by atoms with van der Waals surface area (Å²) in [5.74, 6) is -3.84. The van der Waals surface area contributed by atoms with Crippen molar-refractivity contribution in [3.63, 3.8) is 0 Å². The molecule has 1 aromatic rings. The molecule has 0 aliphatic rings. The van der Waals surface area contributed by atoms with E-state index in [0.717, 1.165) is 7.11 Å². The first-order valence-corrected chi connectivity index (χ1v) is 5.20. The molecule has 0 amide bonds. The molecule has 1 atom stereocenters. The van der Waals surface area contributed by atoms with Crippen LogP contribution >= 0.6 is 17.0 Å². The second-order valence-corrected chi connectivity index (χ2v) is 3.85. The molecule has 18 heavy (non-hydrogen) atoms. The summed E-state index contributed by atoms with van der Waals surface area (Å²) in [6, 6.07) is 7.05. The van der Waals surface area contributed by atoms with Crippen molar-refractivity contribution in [3.05, 3.63) is 35.9 Å². The number of halogens is 3. The molecule has 0 aliphatic carbocycles. The number of ether oxygens (including phenoxy) is 1. The van der Waals surface area contributed by atoms with Crippen molar-refractivity contribution in [1.29, 1.82) is 0 Å². The van der Waals surface area contributed by atoms with Gasteiger partial charge in [0.2, 0.25) is 0 Å². The van der Waals surface area contributed by atoms with Gasteiger partial charge in [0.25, 0.3) is 5.92 Å². The number of carbonyl (C=O) groups is 1. The van der Waals surface area contributed by atoms with Gasteiger partial charge in [-0.2, -0.15) is 0 Å². The van der Waals surface area contributed by atoms with Crippen molar-refractivity contribution in [2.75, 3.05) is 7.11 Å².